The molecule has 59 heavy (non-hydrogen) atoms. The zero-order valence-corrected chi connectivity index (χ0v) is 32.4. The van der Waals surface area contributed by atoms with Crippen LogP contribution in [-0.4, -0.2) is 16.8 Å². The minimum absolute atomic E-state index is 0.00176. The zero-order valence-electron chi connectivity index (χ0n) is 30.9. The van der Waals surface area contributed by atoms with Crippen LogP contribution in [-0.2, 0) is 11.4 Å². The van der Waals surface area contributed by atoms with Gasteiger partial charge in [-0.05, 0) is 94.2 Å². The van der Waals surface area contributed by atoms with E-state index >= 15 is 0 Å². The summed E-state index contributed by atoms with van der Waals surface area (Å²) in [5, 5.41) is 36.2. The summed E-state index contributed by atoms with van der Waals surface area (Å²) in [7, 11) is 0. The molecule has 0 saturated carbocycles. The molecule has 0 aliphatic heterocycles. The lowest BCUT2D eigenvalue weighted by atomic mass is 10.0. The lowest BCUT2D eigenvalue weighted by Gasteiger charge is -2.12. The highest BCUT2D eigenvalue weighted by Gasteiger charge is 2.27. The number of carbonyl (C=O) groups excluding carboxylic acids is 2. The number of phenols is 1. The molecule has 0 aromatic heterocycles. The Bertz CT molecular complexity index is 3060. The van der Waals surface area contributed by atoms with E-state index in [0.29, 0.717) is 60.4 Å². The largest absolute Gasteiger partial charge is 0.505 e. The molecule has 1 aliphatic carbocycles. The molecule has 12 heteroatoms. The first kappa shape index (κ1) is 37.3. The molecule has 1 aliphatic rings. The van der Waals surface area contributed by atoms with Gasteiger partial charge in [-0.2, -0.15) is 10.2 Å². The molecular weight excluding hydrogens is 783 g/mol. The molecule has 0 radical (unpaired) electrons. The fourth-order valence-corrected chi connectivity index (χ4v) is 7.36. The van der Waals surface area contributed by atoms with Crippen molar-refractivity contribution in [2.24, 2.45) is 20.5 Å². The van der Waals surface area contributed by atoms with Crippen LogP contribution in [0.4, 0.5) is 34.1 Å². The molecule has 0 bridgehead atoms. The number of nitrogens with zero attached hydrogens (tertiary/aromatic N) is 4. The Hall–Kier alpha value is -7.24. The van der Waals surface area contributed by atoms with Crippen LogP contribution < -0.4 is 10.8 Å². The molecule has 0 saturated heterocycles. The first-order chi connectivity index (χ1) is 28.8. The maximum Gasteiger partial charge on any atom is 0.259 e. The zero-order chi connectivity index (χ0) is 40.5. The maximum absolute atomic E-state index is 13.8. The Morgan fingerprint density at radius 1 is 0.593 bits per heavy atom. The molecule has 9 rings (SSSR count). The number of fused-ring (bicyclic) bond motifs is 5. The molecule has 1 amide bonds. The molecule has 8 aromatic carbocycles. The second kappa shape index (κ2) is 16.0. The number of rotatable bonds is 10. The number of nitrogens with one attached hydrogen (secondary N) is 2. The number of carbonyl (C=O) groups is 2. The summed E-state index contributed by atoms with van der Waals surface area (Å²) in [5.74, 6) is -1.10. The van der Waals surface area contributed by atoms with Crippen molar-refractivity contribution in [3.63, 3.8) is 0 Å². The van der Waals surface area contributed by atoms with Gasteiger partial charge in [-0.1, -0.05) is 108 Å². The number of hydrogen-bond acceptors (Lipinski definition) is 9. The van der Waals surface area contributed by atoms with Gasteiger partial charge < -0.3 is 10.4 Å². The van der Waals surface area contributed by atoms with Gasteiger partial charge in [-0.3, -0.25) is 19.9 Å². The van der Waals surface area contributed by atoms with Crippen molar-refractivity contribution in [3.05, 3.63) is 184 Å². The Morgan fingerprint density at radius 2 is 1.17 bits per heavy atom. The van der Waals surface area contributed by atoms with Crippen molar-refractivity contribution in [2.45, 2.75) is 6.61 Å². The van der Waals surface area contributed by atoms with Gasteiger partial charge in [0.15, 0.2) is 11.5 Å². The summed E-state index contributed by atoms with van der Waals surface area (Å²) in [4.78, 5) is 33.0. The Balaban J connectivity index is 0.959. The third-order valence-electron chi connectivity index (χ3n) is 9.88. The summed E-state index contributed by atoms with van der Waals surface area (Å²) < 4.78 is 0. The van der Waals surface area contributed by atoms with Gasteiger partial charge in [-0.25, -0.2) is 0 Å². The van der Waals surface area contributed by atoms with Gasteiger partial charge in [0.25, 0.3) is 5.91 Å². The highest BCUT2D eigenvalue weighted by atomic mass is 35.5. The highest BCUT2D eigenvalue weighted by Crippen LogP contribution is 2.43. The van der Waals surface area contributed by atoms with E-state index in [1.165, 1.54) is 0 Å². The molecule has 0 fully saturated rings. The molecule has 0 spiro atoms. The van der Waals surface area contributed by atoms with Gasteiger partial charge in [-0.15, -0.1) is 10.2 Å². The number of hydrogen-bond donors (Lipinski definition) is 3. The third-order valence-corrected chi connectivity index (χ3v) is 10.5. The van der Waals surface area contributed by atoms with Gasteiger partial charge in [0, 0.05) is 21.9 Å². The van der Waals surface area contributed by atoms with Gasteiger partial charge in [0.05, 0.1) is 50.7 Å². The van der Waals surface area contributed by atoms with E-state index in [9.17, 15) is 14.7 Å². The van der Waals surface area contributed by atoms with Crippen LogP contribution in [0.3, 0.4) is 0 Å². The smallest absolute Gasteiger partial charge is 0.259 e. The second-order valence-corrected chi connectivity index (χ2v) is 14.5. The molecule has 10 nitrogen and oxygen atoms in total. The van der Waals surface area contributed by atoms with Crippen molar-refractivity contribution in [3.8, 4) is 16.9 Å². The summed E-state index contributed by atoms with van der Waals surface area (Å²) in [6.45, 7) is 0.248. The summed E-state index contributed by atoms with van der Waals surface area (Å²) in [5.41, 5.74) is 8.97. The average molecular weight is 814 g/mol. The van der Waals surface area contributed by atoms with E-state index in [-0.39, 0.29) is 29.4 Å². The molecule has 0 atom stereocenters. The first-order valence-corrected chi connectivity index (χ1v) is 19.2. The Kier molecular flexibility index (Phi) is 10.1. The molecular formula is C47H30Cl2N6O4. The molecule has 286 valence electrons. The summed E-state index contributed by atoms with van der Waals surface area (Å²) in [6, 6.07) is 45.4. The minimum atomic E-state index is -0.563. The monoisotopic (exact) mass is 812 g/mol. The lowest BCUT2D eigenvalue weighted by Crippen LogP contribution is -2.12. The number of phenolic OH excluding ortho intramolecular Hbond substituents is 1. The number of azo groups is 2. The van der Waals surface area contributed by atoms with E-state index < -0.39 is 5.91 Å². The van der Waals surface area contributed by atoms with Gasteiger partial charge in [0.2, 0.25) is 0 Å². The SMILES string of the molecule is O=C1c2cc(N=Nc3cc(CONc4ccccc4Cl)cc4ccccc34)ccc2-c2ccc(N=Nc3c(O)c(C(=O)Nc4ccccc4Cl)cc4ccccc34)cc21. The molecule has 3 N–H and O–H groups in total. The molecule has 0 unspecified atom stereocenters. The normalized spacial score (nSPS) is 12.1. The Morgan fingerprint density at radius 3 is 1.85 bits per heavy atom. The van der Waals surface area contributed by atoms with Crippen molar-refractivity contribution in [1.82, 2.24) is 0 Å². The van der Waals surface area contributed by atoms with E-state index in [1.807, 2.05) is 84.9 Å². The Labute approximate surface area is 347 Å². The summed E-state index contributed by atoms with van der Waals surface area (Å²) in [6.07, 6.45) is 0. The predicted molar refractivity (Wildman–Crippen MR) is 232 cm³/mol. The molecule has 8 aromatic rings. The minimum Gasteiger partial charge on any atom is -0.505 e. The van der Waals surface area contributed by atoms with Crippen LogP contribution >= 0.6 is 23.2 Å². The predicted octanol–water partition coefficient (Wildman–Crippen LogP) is 13.8. The van der Waals surface area contributed by atoms with Crippen molar-refractivity contribution < 1.29 is 19.5 Å². The fourth-order valence-electron chi connectivity index (χ4n) is 7.00. The highest BCUT2D eigenvalue weighted by molar-refractivity contribution is 6.34. The number of halogens is 2. The van der Waals surface area contributed by atoms with Crippen molar-refractivity contribution in [1.29, 1.82) is 0 Å². The van der Waals surface area contributed by atoms with Crippen molar-refractivity contribution >= 4 is 90.6 Å². The van der Waals surface area contributed by atoms with Crippen LogP contribution in [0.25, 0.3) is 32.7 Å². The number of benzene rings is 8. The second-order valence-electron chi connectivity index (χ2n) is 13.7. The fraction of sp³-hybridized carbons (Fsp3) is 0.0213. The van der Waals surface area contributed by atoms with Crippen LogP contribution in [0.2, 0.25) is 10.0 Å². The average Bonchev–Trinajstić information content (AvgIpc) is 3.53. The topological polar surface area (TPSA) is 137 Å². The van der Waals surface area contributed by atoms with Crippen LogP contribution in [0.15, 0.2) is 172 Å². The van der Waals surface area contributed by atoms with Gasteiger partial charge in [0.1, 0.15) is 5.69 Å². The molecule has 0 heterocycles. The van der Waals surface area contributed by atoms with Crippen LogP contribution in [0.5, 0.6) is 5.75 Å². The third kappa shape index (κ3) is 7.51. The van der Waals surface area contributed by atoms with Gasteiger partial charge >= 0.3 is 0 Å². The number of aromatic hydroxyl groups is 1. The number of amides is 1. The lowest BCUT2D eigenvalue weighted by molar-refractivity contribution is 0.102. The van der Waals surface area contributed by atoms with Crippen molar-refractivity contribution in [2.75, 3.05) is 10.8 Å². The quantitative estimate of drug-likeness (QED) is 0.0932. The van der Waals surface area contributed by atoms with E-state index in [1.54, 1.807) is 66.7 Å². The number of anilines is 2. The van der Waals surface area contributed by atoms with E-state index in [2.05, 4.69) is 31.3 Å². The first-order valence-electron chi connectivity index (χ1n) is 18.4. The van der Waals surface area contributed by atoms with Crippen LogP contribution in [0.1, 0.15) is 31.8 Å². The maximum atomic E-state index is 13.8. The van der Waals surface area contributed by atoms with E-state index in [4.69, 9.17) is 28.0 Å². The number of para-hydroxylation sites is 2. The standard InChI is InChI=1S/C47H30Cl2N6O4/c48-39-13-5-7-15-41(39)50-47(58)38-23-29-10-2-4-12-33(29)44(46(38)57)54-52-31-18-20-35-34-19-17-30(24-36(34)45(56)37(35)25-31)51-53-43-22-27(21-28-9-1-3-11-32(28)43)26-59-55-42-16-8-6-14-40(42)49/h1-25,55,57H,26H2,(H,50,58). The number of ketones is 1. The van der Waals surface area contributed by atoms with Crippen LogP contribution in [0, 0.1) is 0 Å². The van der Waals surface area contributed by atoms with E-state index in [0.717, 1.165) is 27.5 Å². The summed E-state index contributed by atoms with van der Waals surface area (Å²) >= 11 is 12.5.